The van der Waals surface area contributed by atoms with Crippen LogP contribution in [0.2, 0.25) is 0 Å². The van der Waals surface area contributed by atoms with E-state index < -0.39 is 0 Å². The zero-order chi connectivity index (χ0) is 12.8. The first kappa shape index (κ1) is 12.6. The van der Waals surface area contributed by atoms with Crippen molar-refractivity contribution in [3.05, 3.63) is 18.6 Å². The highest BCUT2D eigenvalue weighted by Crippen LogP contribution is 2.18. The molecule has 2 rings (SSSR count). The molecule has 0 amide bonds. The maximum Gasteiger partial charge on any atom is 0.260 e. The second-order valence-corrected chi connectivity index (χ2v) is 3.80. The first-order valence-electron chi connectivity index (χ1n) is 6.07. The number of nitrogens with zero attached hydrogens (tertiary/aromatic N) is 3. The summed E-state index contributed by atoms with van der Waals surface area (Å²) in [5.74, 6) is 1.26. The Morgan fingerprint density at radius 1 is 1.33 bits per heavy atom. The highest BCUT2D eigenvalue weighted by molar-refractivity contribution is 5.53. The molecule has 0 aliphatic heterocycles. The van der Waals surface area contributed by atoms with Crippen molar-refractivity contribution in [1.29, 1.82) is 0 Å². The van der Waals surface area contributed by atoms with Gasteiger partial charge < -0.3 is 14.8 Å². The third kappa shape index (κ3) is 2.89. The lowest BCUT2D eigenvalue weighted by molar-refractivity contribution is 0.0994. The van der Waals surface area contributed by atoms with E-state index in [1.54, 1.807) is 6.20 Å². The minimum Gasteiger partial charge on any atom is -0.473 e. The fraction of sp³-hybridized carbons (Fsp3) is 0.500. The topological polar surface area (TPSA) is 60.7 Å². The van der Waals surface area contributed by atoms with Gasteiger partial charge in [-0.15, -0.1) is 0 Å². The summed E-state index contributed by atoms with van der Waals surface area (Å²) in [6, 6.07) is 0. The summed E-state index contributed by atoms with van der Waals surface area (Å²) in [6.45, 7) is 3.87. The Labute approximate surface area is 106 Å². The van der Waals surface area contributed by atoms with E-state index in [4.69, 9.17) is 9.47 Å². The second kappa shape index (κ2) is 6.20. The lowest BCUT2D eigenvalue weighted by Gasteiger charge is -2.08. The lowest BCUT2D eigenvalue weighted by Crippen LogP contribution is -2.09. The summed E-state index contributed by atoms with van der Waals surface area (Å²) in [5, 5.41) is 2.99. The summed E-state index contributed by atoms with van der Waals surface area (Å²) in [5.41, 5.74) is 0.712. The zero-order valence-corrected chi connectivity index (χ0v) is 10.7. The second-order valence-electron chi connectivity index (χ2n) is 3.80. The van der Waals surface area contributed by atoms with Gasteiger partial charge in [0.1, 0.15) is 12.4 Å². The van der Waals surface area contributed by atoms with Crippen molar-refractivity contribution < 1.29 is 9.47 Å². The van der Waals surface area contributed by atoms with Crippen LogP contribution in [0.3, 0.4) is 0 Å². The smallest absolute Gasteiger partial charge is 0.260 e. The van der Waals surface area contributed by atoms with Crippen LogP contribution in [0, 0.1) is 0 Å². The molecule has 98 valence electrons. The molecular formula is C12H18N4O2. The van der Waals surface area contributed by atoms with Crippen LogP contribution in [-0.2, 0) is 4.74 Å². The van der Waals surface area contributed by atoms with E-state index >= 15 is 0 Å². The monoisotopic (exact) mass is 250 g/mol. The van der Waals surface area contributed by atoms with Crippen LogP contribution in [0.15, 0.2) is 18.6 Å². The van der Waals surface area contributed by atoms with Gasteiger partial charge in [0.05, 0.1) is 12.8 Å². The van der Waals surface area contributed by atoms with Gasteiger partial charge in [-0.25, -0.2) is 4.98 Å². The molecule has 0 spiro atoms. The molecule has 0 aliphatic carbocycles. The number of nitrogens with one attached hydrogen (secondary N) is 1. The SMILES string of the molecule is CCCOCCOc1nc(NC)cn2ccnc12. The van der Waals surface area contributed by atoms with Crippen molar-refractivity contribution in [2.45, 2.75) is 13.3 Å². The normalized spacial score (nSPS) is 10.8. The molecule has 0 fully saturated rings. The molecule has 0 atom stereocenters. The minimum absolute atomic E-state index is 0.475. The highest BCUT2D eigenvalue weighted by Gasteiger charge is 2.07. The van der Waals surface area contributed by atoms with Crippen LogP contribution in [0.5, 0.6) is 5.88 Å². The number of rotatable bonds is 7. The molecule has 0 aromatic carbocycles. The van der Waals surface area contributed by atoms with Gasteiger partial charge in [0.2, 0.25) is 5.65 Å². The molecule has 0 unspecified atom stereocenters. The molecule has 2 aromatic heterocycles. The van der Waals surface area contributed by atoms with E-state index in [-0.39, 0.29) is 0 Å². The van der Waals surface area contributed by atoms with Gasteiger partial charge in [-0.3, -0.25) is 4.40 Å². The molecule has 0 saturated carbocycles. The third-order valence-corrected chi connectivity index (χ3v) is 2.41. The zero-order valence-electron chi connectivity index (χ0n) is 10.7. The average molecular weight is 250 g/mol. The molecule has 0 saturated heterocycles. The molecule has 18 heavy (non-hydrogen) atoms. The average Bonchev–Trinajstić information content (AvgIpc) is 2.86. The van der Waals surface area contributed by atoms with Gasteiger partial charge in [-0.2, -0.15) is 4.98 Å². The van der Waals surface area contributed by atoms with Crippen LogP contribution in [0.4, 0.5) is 5.82 Å². The van der Waals surface area contributed by atoms with Crippen LogP contribution < -0.4 is 10.1 Å². The number of hydrogen-bond acceptors (Lipinski definition) is 5. The van der Waals surface area contributed by atoms with Gasteiger partial charge in [-0.05, 0) is 6.42 Å². The van der Waals surface area contributed by atoms with Gasteiger partial charge in [0.25, 0.3) is 5.88 Å². The van der Waals surface area contributed by atoms with Gasteiger partial charge in [0.15, 0.2) is 0 Å². The largest absolute Gasteiger partial charge is 0.473 e. The standard InChI is InChI=1S/C12H18N4O2/c1-3-6-17-7-8-18-12-11-14-4-5-16(11)9-10(13-2)15-12/h4-5,9,13H,3,6-8H2,1-2H3. The molecule has 0 radical (unpaired) electrons. The molecule has 2 heterocycles. The van der Waals surface area contributed by atoms with Crippen molar-refractivity contribution in [2.24, 2.45) is 0 Å². The molecule has 6 heteroatoms. The number of hydrogen-bond donors (Lipinski definition) is 1. The minimum atomic E-state index is 0.475. The summed E-state index contributed by atoms with van der Waals surface area (Å²) in [4.78, 5) is 8.55. The molecule has 2 aromatic rings. The van der Waals surface area contributed by atoms with Crippen LogP contribution in [0.25, 0.3) is 5.65 Å². The molecule has 0 bridgehead atoms. The number of fused-ring (bicyclic) bond motifs is 1. The van der Waals surface area contributed by atoms with E-state index in [1.807, 2.05) is 23.8 Å². The highest BCUT2D eigenvalue weighted by atomic mass is 16.5. The summed E-state index contributed by atoms with van der Waals surface area (Å²) in [7, 11) is 1.82. The predicted molar refractivity (Wildman–Crippen MR) is 69.1 cm³/mol. The van der Waals surface area contributed by atoms with Crippen molar-refractivity contribution in [1.82, 2.24) is 14.4 Å². The fourth-order valence-electron chi connectivity index (χ4n) is 1.56. The van der Waals surface area contributed by atoms with Crippen LogP contribution in [-0.4, -0.2) is 41.2 Å². The Kier molecular flexibility index (Phi) is 4.35. The first-order chi connectivity index (χ1) is 8.85. The van der Waals surface area contributed by atoms with E-state index in [0.29, 0.717) is 24.7 Å². The number of aromatic nitrogens is 3. The quantitative estimate of drug-likeness (QED) is 0.756. The summed E-state index contributed by atoms with van der Waals surface area (Å²) in [6.07, 6.45) is 6.45. The fourth-order valence-corrected chi connectivity index (χ4v) is 1.56. The molecule has 1 N–H and O–H groups in total. The van der Waals surface area contributed by atoms with E-state index in [1.165, 1.54) is 0 Å². The number of ether oxygens (including phenoxy) is 2. The summed E-state index contributed by atoms with van der Waals surface area (Å²) >= 11 is 0. The Bertz CT molecular complexity index is 498. The van der Waals surface area contributed by atoms with Gasteiger partial charge in [-0.1, -0.05) is 6.92 Å². The van der Waals surface area contributed by atoms with Crippen LogP contribution in [0.1, 0.15) is 13.3 Å². The van der Waals surface area contributed by atoms with Crippen molar-refractivity contribution in [3.8, 4) is 5.88 Å². The van der Waals surface area contributed by atoms with Crippen molar-refractivity contribution in [2.75, 3.05) is 32.2 Å². The maximum absolute atomic E-state index is 5.61. The Morgan fingerprint density at radius 2 is 2.22 bits per heavy atom. The van der Waals surface area contributed by atoms with Crippen molar-refractivity contribution in [3.63, 3.8) is 0 Å². The summed E-state index contributed by atoms with van der Waals surface area (Å²) < 4.78 is 12.8. The molecule has 6 nitrogen and oxygen atoms in total. The molecular weight excluding hydrogens is 232 g/mol. The van der Waals surface area contributed by atoms with Gasteiger partial charge in [0, 0.05) is 26.0 Å². The van der Waals surface area contributed by atoms with Crippen molar-refractivity contribution >= 4 is 11.5 Å². The predicted octanol–water partition coefficient (Wildman–Crippen LogP) is 1.58. The lowest BCUT2D eigenvalue weighted by atomic mass is 10.5. The van der Waals surface area contributed by atoms with E-state index in [9.17, 15) is 0 Å². The first-order valence-corrected chi connectivity index (χ1v) is 6.07. The maximum atomic E-state index is 5.61. The van der Waals surface area contributed by atoms with E-state index in [0.717, 1.165) is 18.8 Å². The van der Waals surface area contributed by atoms with Crippen LogP contribution >= 0.6 is 0 Å². The Hall–Kier alpha value is -1.82. The number of anilines is 1. The van der Waals surface area contributed by atoms with E-state index in [2.05, 4.69) is 22.2 Å². The third-order valence-electron chi connectivity index (χ3n) is 2.41. The Balaban J connectivity index is 2.04. The molecule has 0 aliphatic rings. The number of imidazole rings is 1. The van der Waals surface area contributed by atoms with Gasteiger partial charge >= 0.3 is 0 Å². The Morgan fingerprint density at radius 3 is 3.00 bits per heavy atom.